The molecule has 6 heteroatoms. The molecule has 0 unspecified atom stereocenters. The predicted octanol–water partition coefficient (Wildman–Crippen LogP) is 3.52. The van der Waals surface area contributed by atoms with Gasteiger partial charge < -0.3 is 9.32 Å². The summed E-state index contributed by atoms with van der Waals surface area (Å²) in [6.45, 7) is 0. The topological polar surface area (TPSA) is 55.1 Å². The second kappa shape index (κ2) is 5.54. The fraction of sp³-hybridized carbons (Fsp3) is 0.133. The van der Waals surface area contributed by atoms with Crippen LogP contribution in [0.3, 0.4) is 0 Å². The van der Waals surface area contributed by atoms with Crippen LogP contribution >= 0.6 is 11.6 Å². The maximum absolute atomic E-state index is 6.13. The Kier molecular flexibility index (Phi) is 3.58. The van der Waals surface area contributed by atoms with Crippen molar-refractivity contribution in [3.05, 3.63) is 47.6 Å². The number of anilines is 1. The number of benzene rings is 1. The van der Waals surface area contributed by atoms with Crippen LogP contribution in [0.2, 0.25) is 5.02 Å². The Hall–Kier alpha value is -2.40. The SMILES string of the molecule is CN(C)c1ccnc(-c2nnc(-c3ccccc3Cl)o2)c1. The first-order valence-electron chi connectivity index (χ1n) is 6.37. The van der Waals surface area contributed by atoms with E-state index in [1.54, 1.807) is 12.3 Å². The molecule has 106 valence electrons. The van der Waals surface area contributed by atoms with Crippen molar-refractivity contribution in [2.24, 2.45) is 0 Å². The standard InChI is InChI=1S/C15H13ClN4O/c1-20(2)10-7-8-17-13(9-10)15-19-18-14(21-15)11-5-3-4-6-12(11)16/h3-9H,1-2H3. The number of hydrogen-bond acceptors (Lipinski definition) is 5. The third-order valence-corrected chi connectivity index (χ3v) is 3.34. The van der Waals surface area contributed by atoms with Crippen molar-refractivity contribution in [3.8, 4) is 23.0 Å². The molecule has 2 aromatic heterocycles. The van der Waals surface area contributed by atoms with E-state index in [2.05, 4.69) is 15.2 Å². The van der Waals surface area contributed by atoms with Crippen LogP contribution in [-0.4, -0.2) is 29.3 Å². The number of hydrogen-bond donors (Lipinski definition) is 0. The quantitative estimate of drug-likeness (QED) is 0.741. The fourth-order valence-electron chi connectivity index (χ4n) is 1.88. The lowest BCUT2D eigenvalue weighted by Gasteiger charge is -2.11. The Labute approximate surface area is 127 Å². The van der Waals surface area contributed by atoms with Gasteiger partial charge in [0.2, 0.25) is 5.89 Å². The summed E-state index contributed by atoms with van der Waals surface area (Å²) >= 11 is 6.13. The van der Waals surface area contributed by atoms with Crippen LogP contribution in [0.4, 0.5) is 5.69 Å². The normalized spacial score (nSPS) is 10.6. The molecule has 0 fully saturated rings. The zero-order valence-electron chi connectivity index (χ0n) is 11.6. The van der Waals surface area contributed by atoms with Gasteiger partial charge >= 0.3 is 0 Å². The molecule has 1 aromatic carbocycles. The van der Waals surface area contributed by atoms with Crippen molar-refractivity contribution in [2.75, 3.05) is 19.0 Å². The van der Waals surface area contributed by atoms with Crippen LogP contribution < -0.4 is 4.90 Å². The van der Waals surface area contributed by atoms with Crippen LogP contribution in [0.1, 0.15) is 0 Å². The van der Waals surface area contributed by atoms with Crippen LogP contribution in [0.15, 0.2) is 47.0 Å². The molecule has 3 aromatic rings. The maximum Gasteiger partial charge on any atom is 0.266 e. The minimum atomic E-state index is 0.369. The highest BCUT2D eigenvalue weighted by atomic mass is 35.5. The van der Waals surface area contributed by atoms with E-state index in [-0.39, 0.29) is 0 Å². The largest absolute Gasteiger partial charge is 0.415 e. The van der Waals surface area contributed by atoms with Gasteiger partial charge in [0.25, 0.3) is 5.89 Å². The lowest BCUT2D eigenvalue weighted by atomic mass is 10.2. The monoisotopic (exact) mass is 300 g/mol. The third kappa shape index (κ3) is 2.73. The molecular weight excluding hydrogens is 288 g/mol. The molecule has 0 amide bonds. The van der Waals surface area contributed by atoms with Gasteiger partial charge in [-0.05, 0) is 24.3 Å². The zero-order valence-corrected chi connectivity index (χ0v) is 12.4. The Morgan fingerprint density at radius 2 is 1.81 bits per heavy atom. The average molecular weight is 301 g/mol. The lowest BCUT2D eigenvalue weighted by molar-refractivity contribution is 0.582. The van der Waals surface area contributed by atoms with E-state index in [1.165, 1.54) is 0 Å². The van der Waals surface area contributed by atoms with Gasteiger partial charge in [-0.2, -0.15) is 0 Å². The second-order valence-corrected chi connectivity index (χ2v) is 5.09. The Morgan fingerprint density at radius 1 is 1.05 bits per heavy atom. The molecule has 0 bridgehead atoms. The van der Waals surface area contributed by atoms with Crippen molar-refractivity contribution in [1.29, 1.82) is 0 Å². The van der Waals surface area contributed by atoms with Crippen LogP contribution in [0.25, 0.3) is 23.0 Å². The second-order valence-electron chi connectivity index (χ2n) is 4.69. The molecule has 0 saturated heterocycles. The van der Waals surface area contributed by atoms with Gasteiger partial charge in [-0.3, -0.25) is 4.98 Å². The smallest absolute Gasteiger partial charge is 0.266 e. The highest BCUT2D eigenvalue weighted by Gasteiger charge is 2.14. The van der Waals surface area contributed by atoms with Crippen molar-refractivity contribution >= 4 is 17.3 Å². The summed E-state index contributed by atoms with van der Waals surface area (Å²) in [4.78, 5) is 6.25. The Balaban J connectivity index is 1.99. The van der Waals surface area contributed by atoms with Gasteiger partial charge in [0.15, 0.2) is 0 Å². The molecule has 0 aliphatic rings. The number of pyridine rings is 1. The molecule has 0 aliphatic carbocycles. The number of rotatable bonds is 3. The van der Waals surface area contributed by atoms with E-state index in [0.717, 1.165) is 5.69 Å². The summed E-state index contributed by atoms with van der Waals surface area (Å²) in [7, 11) is 3.92. The minimum absolute atomic E-state index is 0.369. The molecular formula is C15H13ClN4O. The molecule has 0 atom stereocenters. The first kappa shape index (κ1) is 13.6. The van der Waals surface area contributed by atoms with Gasteiger partial charge in [-0.15, -0.1) is 10.2 Å². The van der Waals surface area contributed by atoms with E-state index < -0.39 is 0 Å². The highest BCUT2D eigenvalue weighted by Crippen LogP contribution is 2.29. The van der Waals surface area contributed by atoms with Gasteiger partial charge in [-0.25, -0.2) is 0 Å². The first-order chi connectivity index (χ1) is 10.1. The zero-order chi connectivity index (χ0) is 14.8. The van der Waals surface area contributed by atoms with E-state index in [1.807, 2.05) is 49.3 Å². The molecule has 2 heterocycles. The number of aromatic nitrogens is 3. The van der Waals surface area contributed by atoms with Gasteiger partial charge in [-0.1, -0.05) is 23.7 Å². The van der Waals surface area contributed by atoms with E-state index in [9.17, 15) is 0 Å². The summed E-state index contributed by atoms with van der Waals surface area (Å²) in [6, 6.07) is 11.1. The third-order valence-electron chi connectivity index (χ3n) is 3.01. The van der Waals surface area contributed by atoms with E-state index in [0.29, 0.717) is 28.1 Å². The van der Waals surface area contributed by atoms with Crippen LogP contribution in [0, 0.1) is 0 Å². The fourth-order valence-corrected chi connectivity index (χ4v) is 2.10. The van der Waals surface area contributed by atoms with Gasteiger partial charge in [0, 0.05) is 26.0 Å². The average Bonchev–Trinajstić information content (AvgIpc) is 2.97. The summed E-state index contributed by atoms with van der Waals surface area (Å²) in [5, 5.41) is 8.66. The summed E-state index contributed by atoms with van der Waals surface area (Å²) in [5.41, 5.74) is 2.35. The predicted molar refractivity (Wildman–Crippen MR) is 82.3 cm³/mol. The molecule has 0 spiro atoms. The Bertz CT molecular complexity index is 770. The highest BCUT2D eigenvalue weighted by molar-refractivity contribution is 6.33. The lowest BCUT2D eigenvalue weighted by Crippen LogP contribution is -2.08. The van der Waals surface area contributed by atoms with Crippen molar-refractivity contribution in [2.45, 2.75) is 0 Å². The summed E-state index contributed by atoms with van der Waals surface area (Å²) < 4.78 is 5.68. The molecule has 0 aliphatic heterocycles. The molecule has 0 radical (unpaired) electrons. The molecule has 0 N–H and O–H groups in total. The van der Waals surface area contributed by atoms with Gasteiger partial charge in [0.1, 0.15) is 5.69 Å². The molecule has 0 saturated carbocycles. The molecule has 21 heavy (non-hydrogen) atoms. The van der Waals surface area contributed by atoms with Crippen LogP contribution in [-0.2, 0) is 0 Å². The molecule has 3 rings (SSSR count). The van der Waals surface area contributed by atoms with E-state index in [4.69, 9.17) is 16.0 Å². The van der Waals surface area contributed by atoms with Crippen molar-refractivity contribution in [3.63, 3.8) is 0 Å². The van der Waals surface area contributed by atoms with Crippen molar-refractivity contribution in [1.82, 2.24) is 15.2 Å². The van der Waals surface area contributed by atoms with E-state index >= 15 is 0 Å². The van der Waals surface area contributed by atoms with Gasteiger partial charge in [0.05, 0.1) is 10.6 Å². The number of halogens is 1. The first-order valence-corrected chi connectivity index (χ1v) is 6.75. The summed E-state index contributed by atoms with van der Waals surface area (Å²) in [6.07, 6.45) is 1.71. The maximum atomic E-state index is 6.13. The van der Waals surface area contributed by atoms with Crippen LogP contribution in [0.5, 0.6) is 0 Å². The number of nitrogens with zero attached hydrogens (tertiary/aromatic N) is 4. The van der Waals surface area contributed by atoms with Crippen molar-refractivity contribution < 1.29 is 4.42 Å². The molecule has 5 nitrogen and oxygen atoms in total. The Morgan fingerprint density at radius 3 is 2.57 bits per heavy atom. The minimum Gasteiger partial charge on any atom is -0.415 e. The summed E-state index contributed by atoms with van der Waals surface area (Å²) in [5.74, 6) is 0.751.